The Bertz CT molecular complexity index is 995. The van der Waals surface area contributed by atoms with Crippen LogP contribution in [0.5, 0.6) is 0 Å². The lowest BCUT2D eigenvalue weighted by Crippen LogP contribution is -2.38. The number of amides is 2. The number of aliphatic hydroxyl groups is 1. The highest BCUT2D eigenvalue weighted by Crippen LogP contribution is 2.61. The summed E-state index contributed by atoms with van der Waals surface area (Å²) in [4.78, 5) is 39.3. The van der Waals surface area contributed by atoms with E-state index >= 15 is 0 Å². The molecule has 1 aromatic rings. The van der Waals surface area contributed by atoms with Gasteiger partial charge in [-0.15, -0.1) is 0 Å². The van der Waals surface area contributed by atoms with Gasteiger partial charge in [0.05, 0.1) is 21.8 Å². The summed E-state index contributed by atoms with van der Waals surface area (Å²) in [5.74, 6) is -1.79. The summed E-state index contributed by atoms with van der Waals surface area (Å²) in [6, 6.07) is 1.67. The number of rotatable bonds is 4. The SMILES string of the molecule is CCC(C)[C@@H]1c2cc(N3C(=O)C=C(O)C3=O)c(Cl)c(Cl)c2C(=O)C1(C)C1CCCC1. The number of ketones is 1. The van der Waals surface area contributed by atoms with E-state index in [1.807, 2.05) is 6.92 Å². The normalized spacial score (nSPS) is 27.8. The van der Waals surface area contributed by atoms with Crippen LogP contribution < -0.4 is 4.90 Å². The maximum Gasteiger partial charge on any atom is 0.300 e. The van der Waals surface area contributed by atoms with E-state index < -0.39 is 23.0 Å². The van der Waals surface area contributed by atoms with E-state index in [-0.39, 0.29) is 39.3 Å². The number of carbonyl (C=O) groups is 3. The molecule has 2 aliphatic carbocycles. The summed E-state index contributed by atoms with van der Waals surface area (Å²) < 4.78 is 0. The molecule has 3 atom stereocenters. The highest BCUT2D eigenvalue weighted by Gasteiger charge is 2.57. The second-order valence-corrected chi connectivity index (χ2v) is 9.71. The summed E-state index contributed by atoms with van der Waals surface area (Å²) >= 11 is 13.1. The van der Waals surface area contributed by atoms with E-state index in [0.717, 1.165) is 48.6 Å². The lowest BCUT2D eigenvalue weighted by Gasteiger charge is -2.39. The number of anilines is 1. The van der Waals surface area contributed by atoms with Gasteiger partial charge in [-0.1, -0.05) is 63.2 Å². The van der Waals surface area contributed by atoms with Crippen molar-refractivity contribution in [3.05, 3.63) is 39.1 Å². The molecule has 3 aliphatic rings. The Balaban J connectivity index is 1.93. The van der Waals surface area contributed by atoms with Crippen LogP contribution in [-0.4, -0.2) is 22.7 Å². The molecule has 2 amide bonds. The number of hydrogen-bond acceptors (Lipinski definition) is 4. The molecule has 0 radical (unpaired) electrons. The quantitative estimate of drug-likeness (QED) is 0.586. The molecule has 4 rings (SSSR count). The zero-order valence-corrected chi connectivity index (χ0v) is 18.8. The third-order valence-corrected chi connectivity index (χ3v) is 8.33. The molecular formula is C23H25Cl2NO4. The van der Waals surface area contributed by atoms with Crippen molar-refractivity contribution in [2.24, 2.45) is 17.3 Å². The van der Waals surface area contributed by atoms with Crippen LogP contribution in [0.3, 0.4) is 0 Å². The lowest BCUT2D eigenvalue weighted by molar-refractivity contribution is -0.121. The van der Waals surface area contributed by atoms with Crippen LogP contribution in [-0.2, 0) is 9.59 Å². The molecule has 7 heteroatoms. The number of imide groups is 1. The van der Waals surface area contributed by atoms with E-state index in [9.17, 15) is 19.5 Å². The predicted octanol–water partition coefficient (Wildman–Crippen LogP) is 5.83. The van der Waals surface area contributed by atoms with Crippen molar-refractivity contribution in [2.75, 3.05) is 4.90 Å². The van der Waals surface area contributed by atoms with Crippen molar-refractivity contribution >= 4 is 46.5 Å². The second kappa shape index (κ2) is 7.38. The maximum atomic E-state index is 13.8. The van der Waals surface area contributed by atoms with Crippen LogP contribution in [0.4, 0.5) is 5.69 Å². The van der Waals surface area contributed by atoms with Crippen LogP contribution >= 0.6 is 23.2 Å². The van der Waals surface area contributed by atoms with Gasteiger partial charge in [-0.3, -0.25) is 14.4 Å². The largest absolute Gasteiger partial charge is 0.503 e. The lowest BCUT2D eigenvalue weighted by atomic mass is 9.63. The Morgan fingerprint density at radius 2 is 1.83 bits per heavy atom. The molecular weight excluding hydrogens is 425 g/mol. The second-order valence-electron chi connectivity index (χ2n) is 8.95. The Kier molecular flexibility index (Phi) is 5.26. The van der Waals surface area contributed by atoms with Crippen molar-refractivity contribution in [1.82, 2.24) is 0 Å². The number of halogens is 2. The molecule has 30 heavy (non-hydrogen) atoms. The molecule has 0 aromatic heterocycles. The van der Waals surface area contributed by atoms with E-state index in [4.69, 9.17) is 23.2 Å². The van der Waals surface area contributed by atoms with Gasteiger partial charge < -0.3 is 5.11 Å². The van der Waals surface area contributed by atoms with E-state index in [1.165, 1.54) is 0 Å². The maximum absolute atomic E-state index is 13.8. The number of nitrogens with zero attached hydrogens (tertiary/aromatic N) is 1. The summed E-state index contributed by atoms with van der Waals surface area (Å²) in [6.07, 6.45) is 5.96. The Labute approximate surface area is 186 Å². The van der Waals surface area contributed by atoms with E-state index in [1.54, 1.807) is 6.07 Å². The molecule has 1 N–H and O–H groups in total. The number of fused-ring (bicyclic) bond motifs is 1. The first-order chi connectivity index (χ1) is 14.1. The molecule has 5 nitrogen and oxygen atoms in total. The smallest absolute Gasteiger partial charge is 0.300 e. The van der Waals surface area contributed by atoms with E-state index in [2.05, 4.69) is 13.8 Å². The Morgan fingerprint density at radius 3 is 2.37 bits per heavy atom. The number of hydrogen-bond donors (Lipinski definition) is 1. The van der Waals surface area contributed by atoms with Crippen molar-refractivity contribution in [1.29, 1.82) is 0 Å². The zero-order chi connectivity index (χ0) is 22.0. The predicted molar refractivity (Wildman–Crippen MR) is 116 cm³/mol. The molecule has 1 saturated carbocycles. The van der Waals surface area contributed by atoms with Gasteiger partial charge >= 0.3 is 0 Å². The van der Waals surface area contributed by atoms with Crippen LogP contribution in [0.2, 0.25) is 10.0 Å². The average molecular weight is 450 g/mol. The highest BCUT2D eigenvalue weighted by atomic mass is 35.5. The van der Waals surface area contributed by atoms with Gasteiger partial charge in [-0.25, -0.2) is 4.90 Å². The van der Waals surface area contributed by atoms with Gasteiger partial charge in [0.2, 0.25) is 0 Å². The Hall–Kier alpha value is -1.85. The van der Waals surface area contributed by atoms with E-state index in [0.29, 0.717) is 5.56 Å². The molecule has 1 heterocycles. The minimum atomic E-state index is -0.846. The van der Waals surface area contributed by atoms with Crippen molar-refractivity contribution < 1.29 is 19.5 Å². The van der Waals surface area contributed by atoms with Crippen LogP contribution in [0, 0.1) is 17.3 Å². The van der Waals surface area contributed by atoms with Gasteiger partial charge in [-0.05, 0) is 36.3 Å². The number of aliphatic hydroxyl groups excluding tert-OH is 1. The molecule has 0 spiro atoms. The van der Waals surface area contributed by atoms with Crippen LogP contribution in [0.1, 0.15) is 74.7 Å². The summed E-state index contributed by atoms with van der Waals surface area (Å²) in [6.45, 7) is 6.27. The minimum absolute atomic E-state index is 0.00759. The third kappa shape index (κ3) is 2.78. The standard InChI is InChI=1S/C23H25Cl2NO4/c1-4-11(2)18-13-9-14(26-16(28)10-15(27)22(26)30)19(24)20(25)17(13)21(29)23(18,3)12-7-5-6-8-12/h9-12,18,27H,4-8H2,1-3H3/t11?,18-,23?/m1/s1. The van der Waals surface area contributed by atoms with Gasteiger partial charge in [0.1, 0.15) is 0 Å². The van der Waals surface area contributed by atoms with Crippen molar-refractivity contribution in [2.45, 2.75) is 58.8 Å². The van der Waals surface area contributed by atoms with Gasteiger partial charge in [0.15, 0.2) is 11.5 Å². The zero-order valence-electron chi connectivity index (χ0n) is 17.3. The average Bonchev–Trinajstić information content (AvgIpc) is 3.38. The fraction of sp³-hybridized carbons (Fsp3) is 0.522. The summed E-state index contributed by atoms with van der Waals surface area (Å²) in [5, 5.41) is 9.78. The fourth-order valence-electron chi connectivity index (χ4n) is 5.79. The minimum Gasteiger partial charge on any atom is -0.503 e. The molecule has 0 bridgehead atoms. The number of carbonyl (C=O) groups excluding carboxylic acids is 3. The van der Waals surface area contributed by atoms with Gasteiger partial charge in [-0.2, -0.15) is 0 Å². The molecule has 2 unspecified atom stereocenters. The van der Waals surface area contributed by atoms with Crippen LogP contribution in [0.25, 0.3) is 0 Å². The molecule has 1 fully saturated rings. The highest BCUT2D eigenvalue weighted by molar-refractivity contribution is 6.47. The molecule has 1 aliphatic heterocycles. The third-order valence-electron chi connectivity index (χ3n) is 7.48. The van der Waals surface area contributed by atoms with Gasteiger partial charge in [0, 0.05) is 16.9 Å². The van der Waals surface area contributed by atoms with Crippen LogP contribution in [0.15, 0.2) is 17.9 Å². The first-order valence-electron chi connectivity index (χ1n) is 10.5. The van der Waals surface area contributed by atoms with Gasteiger partial charge in [0.25, 0.3) is 11.8 Å². The number of Topliss-reactive ketones (excluding diaryl/α,β-unsaturated/α-hetero) is 1. The number of benzene rings is 1. The Morgan fingerprint density at radius 1 is 1.20 bits per heavy atom. The fourth-order valence-corrected chi connectivity index (χ4v) is 6.31. The first-order valence-corrected chi connectivity index (χ1v) is 11.3. The first kappa shape index (κ1) is 21.4. The topological polar surface area (TPSA) is 74.7 Å². The summed E-state index contributed by atoms with van der Waals surface area (Å²) in [5.41, 5.74) is 0.688. The molecule has 0 saturated heterocycles. The molecule has 160 valence electrons. The molecule has 1 aromatic carbocycles. The summed E-state index contributed by atoms with van der Waals surface area (Å²) in [7, 11) is 0. The van der Waals surface area contributed by atoms with Crippen molar-refractivity contribution in [3.63, 3.8) is 0 Å². The van der Waals surface area contributed by atoms with Crippen molar-refractivity contribution in [3.8, 4) is 0 Å². The monoisotopic (exact) mass is 449 g/mol.